The first-order chi connectivity index (χ1) is 15.2. The number of hydrogen-bond donors (Lipinski definition) is 3. The summed E-state index contributed by atoms with van der Waals surface area (Å²) >= 11 is 2.64. The number of alkyl halides is 3. The van der Waals surface area contributed by atoms with E-state index in [2.05, 4.69) is 15.4 Å². The van der Waals surface area contributed by atoms with E-state index < -0.39 is 17.8 Å². The van der Waals surface area contributed by atoms with E-state index in [-0.39, 0.29) is 5.69 Å². The molecule has 0 aliphatic carbocycles. The van der Waals surface area contributed by atoms with Crippen molar-refractivity contribution in [3.63, 3.8) is 0 Å². The topological polar surface area (TPSA) is 62.4 Å². The van der Waals surface area contributed by atoms with E-state index in [1.54, 1.807) is 12.1 Å². The number of carbonyl (C=O) groups is 1. The Balaban J connectivity index is 1.62. The predicted octanol–water partition coefficient (Wildman–Crippen LogP) is 7.43. The van der Waals surface area contributed by atoms with Crippen LogP contribution in [0.2, 0.25) is 0 Å². The van der Waals surface area contributed by atoms with Gasteiger partial charge in [0.15, 0.2) is 0 Å². The van der Waals surface area contributed by atoms with Crippen LogP contribution in [0.15, 0.2) is 71.6 Å². The fourth-order valence-electron chi connectivity index (χ4n) is 2.64. The van der Waals surface area contributed by atoms with Crippen LogP contribution >= 0.6 is 24.0 Å². The lowest BCUT2D eigenvalue weighted by Gasteiger charge is -2.13. The highest BCUT2D eigenvalue weighted by Gasteiger charge is 2.30. The zero-order valence-corrected chi connectivity index (χ0v) is 18.8. The summed E-state index contributed by atoms with van der Waals surface area (Å²) in [5, 5.41) is 5.07. The Morgan fingerprint density at radius 1 is 0.906 bits per heavy atom. The maximum absolute atomic E-state index is 12.8. The Morgan fingerprint density at radius 2 is 1.56 bits per heavy atom. The third kappa shape index (κ3) is 6.76. The molecule has 3 rings (SSSR count). The van der Waals surface area contributed by atoms with Crippen LogP contribution in [0.3, 0.4) is 0 Å². The van der Waals surface area contributed by atoms with Crippen LogP contribution in [-0.4, -0.2) is 12.3 Å². The minimum absolute atomic E-state index is 0.0506. The first kappa shape index (κ1) is 23.7. The molecule has 0 aliphatic rings. The minimum atomic E-state index is -4.48. The van der Waals surface area contributed by atoms with Gasteiger partial charge in [0.25, 0.3) is 0 Å². The quantitative estimate of drug-likeness (QED) is 0.243. The Morgan fingerprint density at radius 3 is 2.22 bits per heavy atom. The second-order valence-electron chi connectivity index (χ2n) is 6.62. The zero-order chi connectivity index (χ0) is 23.1. The maximum Gasteiger partial charge on any atom is 0.416 e. The Hall–Kier alpha value is -2.98. The molecule has 3 N–H and O–H groups in total. The molecule has 2 amide bonds. The lowest BCUT2D eigenvalue weighted by molar-refractivity contribution is -0.137. The summed E-state index contributed by atoms with van der Waals surface area (Å²) in [7, 11) is 0. The van der Waals surface area contributed by atoms with Crippen LogP contribution in [0.4, 0.5) is 35.0 Å². The molecule has 0 fully saturated rings. The first-order valence-corrected chi connectivity index (χ1v) is 11.3. The van der Waals surface area contributed by atoms with Crippen LogP contribution < -0.4 is 19.5 Å². The SMILES string of the molecule is CSOc1ccc(NSc2cc(NC(=O)Nc3cccc(C(F)(F)F)c3)ccc2C)cc1. The molecule has 0 spiro atoms. The molecular formula is C22H20F3N3O2S2. The molecule has 0 heterocycles. The van der Waals surface area contributed by atoms with Gasteiger partial charge in [-0.2, -0.15) is 13.2 Å². The summed E-state index contributed by atoms with van der Waals surface area (Å²) in [6.45, 7) is 1.94. The van der Waals surface area contributed by atoms with Crippen molar-refractivity contribution in [2.24, 2.45) is 0 Å². The normalized spacial score (nSPS) is 11.0. The average Bonchev–Trinajstić information content (AvgIpc) is 2.75. The molecule has 0 saturated heterocycles. The smallest absolute Gasteiger partial charge is 0.416 e. The lowest BCUT2D eigenvalue weighted by atomic mass is 10.2. The van der Waals surface area contributed by atoms with E-state index in [9.17, 15) is 18.0 Å². The van der Waals surface area contributed by atoms with E-state index in [4.69, 9.17) is 4.18 Å². The third-order valence-corrected chi connectivity index (χ3v) is 5.56. The van der Waals surface area contributed by atoms with Gasteiger partial charge in [-0.15, -0.1) is 0 Å². The Kier molecular flexibility index (Phi) is 7.81. The number of urea groups is 1. The van der Waals surface area contributed by atoms with Gasteiger partial charge in [-0.1, -0.05) is 12.1 Å². The Labute approximate surface area is 192 Å². The second-order valence-corrected chi connectivity index (χ2v) is 7.96. The molecule has 168 valence electrons. The van der Waals surface area contributed by atoms with Crippen LogP contribution in [0.25, 0.3) is 0 Å². The molecule has 0 aliphatic heterocycles. The minimum Gasteiger partial charge on any atom is -0.426 e. The van der Waals surface area contributed by atoms with Crippen LogP contribution in [-0.2, 0) is 6.18 Å². The van der Waals surface area contributed by atoms with E-state index in [1.165, 1.54) is 36.1 Å². The van der Waals surface area contributed by atoms with Crippen molar-refractivity contribution in [3.05, 3.63) is 77.9 Å². The summed E-state index contributed by atoms with van der Waals surface area (Å²) < 4.78 is 47.1. The molecule has 3 aromatic rings. The predicted molar refractivity (Wildman–Crippen MR) is 125 cm³/mol. The molecular weight excluding hydrogens is 459 g/mol. The number of rotatable bonds is 7. The van der Waals surface area contributed by atoms with Gasteiger partial charge in [0, 0.05) is 28.2 Å². The van der Waals surface area contributed by atoms with Crippen molar-refractivity contribution in [1.29, 1.82) is 0 Å². The van der Waals surface area contributed by atoms with Crippen molar-refractivity contribution in [1.82, 2.24) is 0 Å². The van der Waals surface area contributed by atoms with Gasteiger partial charge in [-0.3, -0.25) is 0 Å². The maximum atomic E-state index is 12.8. The van der Waals surface area contributed by atoms with Gasteiger partial charge in [-0.05, 0) is 79.0 Å². The van der Waals surface area contributed by atoms with E-state index in [0.717, 1.165) is 34.0 Å². The molecule has 3 aromatic carbocycles. The number of aryl methyl sites for hydroxylation is 1. The summed E-state index contributed by atoms with van der Waals surface area (Å²) in [6.07, 6.45) is -2.64. The summed E-state index contributed by atoms with van der Waals surface area (Å²) in [4.78, 5) is 13.1. The number of hydrogen-bond acceptors (Lipinski definition) is 5. The van der Waals surface area contributed by atoms with Gasteiger partial charge in [0.1, 0.15) is 5.75 Å². The average molecular weight is 480 g/mol. The molecule has 0 aromatic heterocycles. The molecule has 32 heavy (non-hydrogen) atoms. The van der Waals surface area contributed by atoms with E-state index in [0.29, 0.717) is 5.69 Å². The largest absolute Gasteiger partial charge is 0.426 e. The number of amides is 2. The standard InChI is InChI=1S/C22H20F3N3O2S2/c1-14-6-7-18(13-20(14)32-28-16-8-10-19(11-9-16)30-31-2)27-21(29)26-17-5-3-4-15(12-17)22(23,24)25/h3-13,28H,1-2H3,(H2,26,27,29). The monoisotopic (exact) mass is 479 g/mol. The molecule has 0 saturated carbocycles. The molecule has 0 unspecified atom stereocenters. The van der Waals surface area contributed by atoms with Crippen molar-refractivity contribution >= 4 is 47.1 Å². The summed E-state index contributed by atoms with van der Waals surface area (Å²) in [5.41, 5.74) is 1.60. The van der Waals surface area contributed by atoms with Gasteiger partial charge in [0.05, 0.1) is 17.6 Å². The number of halogens is 3. The van der Waals surface area contributed by atoms with Gasteiger partial charge >= 0.3 is 12.2 Å². The third-order valence-electron chi connectivity index (χ3n) is 4.21. The lowest BCUT2D eigenvalue weighted by Crippen LogP contribution is -2.19. The van der Waals surface area contributed by atoms with E-state index in [1.807, 2.05) is 43.5 Å². The second kappa shape index (κ2) is 10.6. The van der Waals surface area contributed by atoms with Crippen molar-refractivity contribution in [2.45, 2.75) is 18.0 Å². The van der Waals surface area contributed by atoms with Crippen LogP contribution in [0, 0.1) is 6.92 Å². The fraction of sp³-hybridized carbons (Fsp3) is 0.136. The van der Waals surface area contributed by atoms with Crippen LogP contribution in [0.5, 0.6) is 5.75 Å². The molecule has 0 radical (unpaired) electrons. The first-order valence-electron chi connectivity index (χ1n) is 9.34. The summed E-state index contributed by atoms with van der Waals surface area (Å²) in [6, 6.07) is 16.7. The van der Waals surface area contributed by atoms with Gasteiger partial charge < -0.3 is 19.5 Å². The molecule has 5 nitrogen and oxygen atoms in total. The molecule has 0 atom stereocenters. The number of nitrogens with one attached hydrogen (secondary N) is 3. The van der Waals surface area contributed by atoms with E-state index >= 15 is 0 Å². The fourth-order valence-corrected chi connectivity index (χ4v) is 3.73. The molecule has 10 heteroatoms. The zero-order valence-electron chi connectivity index (χ0n) is 17.1. The van der Waals surface area contributed by atoms with Crippen LogP contribution in [0.1, 0.15) is 11.1 Å². The Bertz CT molecular complexity index is 1080. The highest BCUT2D eigenvalue weighted by molar-refractivity contribution is 8.00. The number of carbonyl (C=O) groups excluding carboxylic acids is 1. The number of anilines is 3. The van der Waals surface area contributed by atoms with Crippen molar-refractivity contribution < 1.29 is 22.1 Å². The van der Waals surface area contributed by atoms with Crippen molar-refractivity contribution in [3.8, 4) is 5.75 Å². The van der Waals surface area contributed by atoms with Gasteiger partial charge in [-0.25, -0.2) is 4.79 Å². The highest BCUT2D eigenvalue weighted by Crippen LogP contribution is 2.31. The summed E-state index contributed by atoms with van der Waals surface area (Å²) in [5.74, 6) is 0.752. The number of benzene rings is 3. The van der Waals surface area contributed by atoms with Gasteiger partial charge in [0.2, 0.25) is 0 Å². The van der Waals surface area contributed by atoms with Crippen molar-refractivity contribution in [2.75, 3.05) is 21.6 Å². The molecule has 0 bridgehead atoms. The highest BCUT2D eigenvalue weighted by atomic mass is 32.2.